The molecule has 0 saturated carbocycles. The molecule has 0 bridgehead atoms. The van der Waals surface area contributed by atoms with Gasteiger partial charge in [-0.3, -0.25) is 0 Å². The second-order valence-electron chi connectivity index (χ2n) is 4.87. The topological polar surface area (TPSA) is 63.7 Å². The average molecular weight is 337 g/mol. The van der Waals surface area contributed by atoms with Crippen molar-refractivity contribution in [3.63, 3.8) is 0 Å². The van der Waals surface area contributed by atoms with Gasteiger partial charge < -0.3 is 4.74 Å². The number of carbonyl (C=O) groups is 1. The van der Waals surface area contributed by atoms with E-state index in [4.69, 9.17) is 0 Å². The van der Waals surface area contributed by atoms with Crippen molar-refractivity contribution in [3.8, 4) is 0 Å². The van der Waals surface area contributed by atoms with Crippen LogP contribution >= 0.6 is 0 Å². The third kappa shape index (κ3) is 3.75. The summed E-state index contributed by atoms with van der Waals surface area (Å²) in [6.45, 7) is -0.0895. The van der Waals surface area contributed by atoms with Crippen molar-refractivity contribution < 1.29 is 22.3 Å². The highest BCUT2D eigenvalue weighted by Gasteiger charge is 2.22. The predicted octanol–water partition coefficient (Wildman–Crippen LogP) is 2.43. The maximum atomic E-state index is 13.6. The Morgan fingerprint density at radius 1 is 1.13 bits per heavy atom. The molecule has 0 aliphatic carbocycles. The molecule has 0 N–H and O–H groups in total. The van der Waals surface area contributed by atoms with E-state index in [1.807, 2.05) is 0 Å². The Morgan fingerprint density at radius 2 is 1.74 bits per heavy atom. The number of halogens is 1. The molecule has 2 aromatic carbocycles. The fourth-order valence-corrected chi connectivity index (χ4v) is 3.16. The zero-order valence-corrected chi connectivity index (χ0v) is 13.5. The molecule has 0 unspecified atom stereocenters. The van der Waals surface area contributed by atoms with Gasteiger partial charge in [0.15, 0.2) is 0 Å². The molecular formula is C16H16FNO4S. The van der Waals surface area contributed by atoms with Crippen molar-refractivity contribution >= 4 is 16.0 Å². The molecule has 122 valence electrons. The van der Waals surface area contributed by atoms with Gasteiger partial charge in [-0.15, -0.1) is 0 Å². The van der Waals surface area contributed by atoms with E-state index in [0.717, 1.165) is 4.31 Å². The van der Waals surface area contributed by atoms with E-state index in [1.54, 1.807) is 12.1 Å². The normalized spacial score (nSPS) is 11.5. The van der Waals surface area contributed by atoms with E-state index in [2.05, 4.69) is 4.74 Å². The van der Waals surface area contributed by atoms with Crippen molar-refractivity contribution in [3.05, 3.63) is 65.5 Å². The van der Waals surface area contributed by atoms with Gasteiger partial charge in [0.25, 0.3) is 0 Å². The molecule has 0 heterocycles. The van der Waals surface area contributed by atoms with Gasteiger partial charge in [-0.25, -0.2) is 17.6 Å². The molecule has 0 fully saturated rings. The van der Waals surface area contributed by atoms with E-state index in [1.165, 1.54) is 50.6 Å². The highest BCUT2D eigenvalue weighted by Crippen LogP contribution is 2.19. The number of methoxy groups -OCH3 is 1. The number of ether oxygens (including phenoxy) is 1. The third-order valence-electron chi connectivity index (χ3n) is 3.33. The fraction of sp³-hybridized carbons (Fsp3) is 0.188. The minimum absolute atomic E-state index is 0.0176. The fourth-order valence-electron chi connectivity index (χ4n) is 2.01. The Kier molecular flexibility index (Phi) is 5.12. The molecule has 5 nitrogen and oxygen atoms in total. The lowest BCUT2D eigenvalue weighted by molar-refractivity contribution is 0.0600. The van der Waals surface area contributed by atoms with Crippen LogP contribution in [0.4, 0.5) is 4.39 Å². The first-order valence-corrected chi connectivity index (χ1v) is 8.18. The molecule has 0 aromatic heterocycles. The lowest BCUT2D eigenvalue weighted by atomic mass is 10.2. The first kappa shape index (κ1) is 17.1. The van der Waals surface area contributed by atoms with E-state index in [0.29, 0.717) is 0 Å². The van der Waals surface area contributed by atoms with E-state index in [9.17, 15) is 17.6 Å². The molecule has 7 heteroatoms. The van der Waals surface area contributed by atoms with Crippen LogP contribution in [-0.4, -0.2) is 32.8 Å². The van der Waals surface area contributed by atoms with Crippen LogP contribution in [0, 0.1) is 5.82 Å². The number of nitrogens with zero attached hydrogens (tertiary/aromatic N) is 1. The number of esters is 1. The largest absolute Gasteiger partial charge is 0.465 e. The second kappa shape index (κ2) is 6.89. The number of carbonyl (C=O) groups excluding carboxylic acids is 1. The van der Waals surface area contributed by atoms with Gasteiger partial charge >= 0.3 is 5.97 Å². The summed E-state index contributed by atoms with van der Waals surface area (Å²) in [7, 11) is -1.17. The highest BCUT2D eigenvalue weighted by atomic mass is 32.2. The van der Waals surface area contributed by atoms with Gasteiger partial charge in [0.2, 0.25) is 10.0 Å². The van der Waals surface area contributed by atoms with Crippen LogP contribution in [0.25, 0.3) is 0 Å². The number of hydrogen-bond acceptors (Lipinski definition) is 4. The van der Waals surface area contributed by atoms with Crippen LogP contribution in [0.5, 0.6) is 0 Å². The van der Waals surface area contributed by atoms with Crippen molar-refractivity contribution in [2.24, 2.45) is 0 Å². The van der Waals surface area contributed by atoms with Gasteiger partial charge in [0.05, 0.1) is 17.6 Å². The Balaban J connectivity index is 2.23. The summed E-state index contributed by atoms with van der Waals surface area (Å²) in [5.74, 6) is -1.01. The van der Waals surface area contributed by atoms with Gasteiger partial charge in [-0.2, -0.15) is 4.31 Å². The van der Waals surface area contributed by atoms with Crippen molar-refractivity contribution in [2.75, 3.05) is 14.2 Å². The minimum Gasteiger partial charge on any atom is -0.465 e. The number of hydrogen-bond donors (Lipinski definition) is 0. The zero-order chi connectivity index (χ0) is 17.0. The number of benzene rings is 2. The van der Waals surface area contributed by atoms with Crippen molar-refractivity contribution in [2.45, 2.75) is 11.4 Å². The summed E-state index contributed by atoms with van der Waals surface area (Å²) < 4.78 is 44.2. The molecule has 0 saturated heterocycles. The van der Waals surface area contributed by atoms with Gasteiger partial charge in [0.1, 0.15) is 5.82 Å². The average Bonchev–Trinajstić information content (AvgIpc) is 2.56. The van der Waals surface area contributed by atoms with Crippen LogP contribution < -0.4 is 0 Å². The number of rotatable bonds is 5. The van der Waals surface area contributed by atoms with Crippen LogP contribution in [0.3, 0.4) is 0 Å². The molecule has 0 atom stereocenters. The summed E-state index contributed by atoms with van der Waals surface area (Å²) in [6.07, 6.45) is 0. The molecule has 2 rings (SSSR count). The van der Waals surface area contributed by atoms with Crippen LogP contribution in [0.15, 0.2) is 53.4 Å². The third-order valence-corrected chi connectivity index (χ3v) is 5.15. The maximum Gasteiger partial charge on any atom is 0.337 e. The van der Waals surface area contributed by atoms with Gasteiger partial charge in [-0.1, -0.05) is 18.2 Å². The standard InChI is InChI=1S/C16H16FNO4S/c1-18(11-13-5-3-4-6-15(13)17)23(20,21)14-9-7-12(8-10-14)16(19)22-2/h3-10H,11H2,1-2H3. The molecule has 0 amide bonds. The highest BCUT2D eigenvalue weighted by molar-refractivity contribution is 7.89. The van der Waals surface area contributed by atoms with E-state index >= 15 is 0 Å². The summed E-state index contributed by atoms with van der Waals surface area (Å²) >= 11 is 0. The summed E-state index contributed by atoms with van der Waals surface area (Å²) in [5, 5.41) is 0. The van der Waals surface area contributed by atoms with Crippen LogP contribution in [-0.2, 0) is 21.3 Å². The maximum absolute atomic E-state index is 13.6. The summed E-state index contributed by atoms with van der Waals surface area (Å²) in [5.41, 5.74) is 0.535. The first-order chi connectivity index (χ1) is 10.9. The van der Waals surface area contributed by atoms with Crippen molar-refractivity contribution in [1.29, 1.82) is 0 Å². The molecule has 0 spiro atoms. The Morgan fingerprint density at radius 3 is 2.30 bits per heavy atom. The summed E-state index contributed by atoms with van der Waals surface area (Å²) in [6, 6.07) is 11.4. The molecule has 23 heavy (non-hydrogen) atoms. The molecule has 0 aliphatic rings. The van der Waals surface area contributed by atoms with Crippen molar-refractivity contribution in [1.82, 2.24) is 4.31 Å². The monoisotopic (exact) mass is 337 g/mol. The summed E-state index contributed by atoms with van der Waals surface area (Å²) in [4.78, 5) is 11.4. The van der Waals surface area contributed by atoms with Crippen LogP contribution in [0.2, 0.25) is 0 Å². The lowest BCUT2D eigenvalue weighted by Crippen LogP contribution is -2.27. The van der Waals surface area contributed by atoms with E-state index < -0.39 is 21.8 Å². The van der Waals surface area contributed by atoms with Gasteiger partial charge in [0, 0.05) is 19.2 Å². The molecule has 0 aliphatic heterocycles. The smallest absolute Gasteiger partial charge is 0.337 e. The Bertz CT molecular complexity index is 803. The van der Waals surface area contributed by atoms with Crippen LogP contribution in [0.1, 0.15) is 15.9 Å². The van der Waals surface area contributed by atoms with Gasteiger partial charge in [-0.05, 0) is 30.3 Å². The zero-order valence-electron chi connectivity index (χ0n) is 12.7. The predicted molar refractivity (Wildman–Crippen MR) is 82.8 cm³/mol. The minimum atomic E-state index is -3.79. The number of sulfonamides is 1. The van der Waals surface area contributed by atoms with E-state index in [-0.39, 0.29) is 22.6 Å². The quantitative estimate of drug-likeness (QED) is 0.786. The Hall–Kier alpha value is -2.25. The lowest BCUT2D eigenvalue weighted by Gasteiger charge is -2.17. The Labute approximate surface area is 134 Å². The molecular weight excluding hydrogens is 321 g/mol. The molecule has 2 aromatic rings. The second-order valence-corrected chi connectivity index (χ2v) is 6.91. The molecule has 0 radical (unpaired) electrons. The first-order valence-electron chi connectivity index (χ1n) is 6.74. The SMILES string of the molecule is COC(=O)c1ccc(S(=O)(=O)N(C)Cc2ccccc2F)cc1.